The minimum Gasteiger partial charge on any atom is -0.493 e. The molecule has 0 saturated carbocycles. The molecule has 3 rings (SSSR count). The number of hydrogen-bond acceptors (Lipinski definition) is 5. The Kier molecular flexibility index (Phi) is 5.39. The van der Waals surface area contributed by atoms with E-state index in [1.54, 1.807) is 25.0 Å². The molecular formula is C20H24N2O5. The molecule has 1 atom stereocenters. The van der Waals surface area contributed by atoms with Gasteiger partial charge in [-0.25, -0.2) is 0 Å². The maximum atomic E-state index is 12.3. The van der Waals surface area contributed by atoms with Crippen molar-refractivity contribution in [3.8, 4) is 17.2 Å². The maximum absolute atomic E-state index is 12.3. The number of carbonyl (C=O) groups is 1. The summed E-state index contributed by atoms with van der Waals surface area (Å²) in [7, 11) is 5.01. The number of aryl methyl sites for hydroxylation is 3. The zero-order chi connectivity index (χ0) is 19.6. The van der Waals surface area contributed by atoms with Gasteiger partial charge in [0.05, 0.1) is 20.3 Å². The Bertz CT molecular complexity index is 919. The smallest absolute Gasteiger partial charge is 0.258 e. The number of hydrogen-bond donors (Lipinski definition) is 1. The average molecular weight is 372 g/mol. The van der Waals surface area contributed by atoms with E-state index in [4.69, 9.17) is 14.2 Å². The lowest BCUT2D eigenvalue weighted by Crippen LogP contribution is -2.32. The van der Waals surface area contributed by atoms with Gasteiger partial charge in [-0.3, -0.25) is 9.59 Å². The second-order valence-corrected chi connectivity index (χ2v) is 6.61. The van der Waals surface area contributed by atoms with Crippen LogP contribution >= 0.6 is 0 Å². The number of aromatic nitrogens is 1. The van der Waals surface area contributed by atoms with Crippen molar-refractivity contribution in [2.75, 3.05) is 20.8 Å². The number of ether oxygens (including phenoxy) is 3. The molecule has 0 saturated heterocycles. The van der Waals surface area contributed by atoms with Gasteiger partial charge in [-0.2, -0.15) is 0 Å². The molecular weight excluding hydrogens is 348 g/mol. The number of rotatable bonds is 6. The van der Waals surface area contributed by atoms with Crippen molar-refractivity contribution in [1.29, 1.82) is 0 Å². The van der Waals surface area contributed by atoms with Crippen molar-refractivity contribution >= 4 is 5.91 Å². The molecule has 27 heavy (non-hydrogen) atoms. The Morgan fingerprint density at radius 2 is 1.89 bits per heavy atom. The summed E-state index contributed by atoms with van der Waals surface area (Å²) >= 11 is 0. The van der Waals surface area contributed by atoms with E-state index >= 15 is 0 Å². The van der Waals surface area contributed by atoms with Crippen molar-refractivity contribution in [2.45, 2.75) is 25.8 Å². The largest absolute Gasteiger partial charge is 0.493 e. The SMILES string of the molecule is COc1cc2c(cc1OC)C(NC(=O)COc1cn(C)c(C)cc1=O)CC2. The summed E-state index contributed by atoms with van der Waals surface area (Å²) in [6, 6.07) is 5.23. The van der Waals surface area contributed by atoms with E-state index in [9.17, 15) is 9.59 Å². The van der Waals surface area contributed by atoms with Gasteiger partial charge >= 0.3 is 0 Å². The summed E-state index contributed by atoms with van der Waals surface area (Å²) in [5.74, 6) is 1.21. The molecule has 1 heterocycles. The highest BCUT2D eigenvalue weighted by molar-refractivity contribution is 5.78. The fourth-order valence-corrected chi connectivity index (χ4v) is 3.27. The number of methoxy groups -OCH3 is 2. The molecule has 1 unspecified atom stereocenters. The van der Waals surface area contributed by atoms with Crippen molar-refractivity contribution in [3.63, 3.8) is 0 Å². The van der Waals surface area contributed by atoms with E-state index in [1.165, 1.54) is 6.07 Å². The van der Waals surface area contributed by atoms with Crippen LogP contribution < -0.4 is 25.0 Å². The zero-order valence-electron chi connectivity index (χ0n) is 16.0. The molecule has 1 aliphatic carbocycles. The molecule has 144 valence electrons. The van der Waals surface area contributed by atoms with E-state index in [0.29, 0.717) is 11.5 Å². The lowest BCUT2D eigenvalue weighted by Gasteiger charge is -2.16. The Hall–Kier alpha value is -2.96. The lowest BCUT2D eigenvalue weighted by molar-refractivity contribution is -0.123. The first-order chi connectivity index (χ1) is 12.9. The monoisotopic (exact) mass is 372 g/mol. The topological polar surface area (TPSA) is 78.8 Å². The third-order valence-corrected chi connectivity index (χ3v) is 4.87. The molecule has 0 radical (unpaired) electrons. The predicted octanol–water partition coefficient (Wildman–Crippen LogP) is 1.89. The lowest BCUT2D eigenvalue weighted by atomic mass is 10.1. The van der Waals surface area contributed by atoms with E-state index in [2.05, 4.69) is 5.32 Å². The number of amides is 1. The van der Waals surface area contributed by atoms with E-state index in [1.807, 2.05) is 26.1 Å². The van der Waals surface area contributed by atoms with Crippen LogP contribution in [0.4, 0.5) is 0 Å². The molecule has 1 aliphatic rings. The second-order valence-electron chi connectivity index (χ2n) is 6.61. The molecule has 0 spiro atoms. The molecule has 1 N–H and O–H groups in total. The van der Waals surface area contributed by atoms with Crippen LogP contribution in [-0.2, 0) is 18.3 Å². The van der Waals surface area contributed by atoms with Crippen LogP contribution in [0.5, 0.6) is 17.2 Å². The van der Waals surface area contributed by atoms with Gasteiger partial charge in [0.15, 0.2) is 23.9 Å². The number of fused-ring (bicyclic) bond motifs is 1. The van der Waals surface area contributed by atoms with Crippen LogP contribution in [-0.4, -0.2) is 31.3 Å². The molecule has 1 aromatic carbocycles. The van der Waals surface area contributed by atoms with Gasteiger partial charge in [0.25, 0.3) is 5.91 Å². The minimum atomic E-state index is -0.273. The molecule has 7 nitrogen and oxygen atoms in total. The van der Waals surface area contributed by atoms with Gasteiger partial charge < -0.3 is 24.1 Å². The Morgan fingerprint density at radius 3 is 2.59 bits per heavy atom. The highest BCUT2D eigenvalue weighted by Crippen LogP contribution is 2.39. The molecule has 0 bridgehead atoms. The molecule has 0 fully saturated rings. The fraction of sp³-hybridized carbons (Fsp3) is 0.400. The van der Waals surface area contributed by atoms with Crippen LogP contribution in [0.3, 0.4) is 0 Å². The van der Waals surface area contributed by atoms with Crippen LogP contribution in [0.2, 0.25) is 0 Å². The van der Waals surface area contributed by atoms with Crippen LogP contribution in [0.1, 0.15) is 29.3 Å². The fourth-order valence-electron chi connectivity index (χ4n) is 3.27. The predicted molar refractivity (Wildman–Crippen MR) is 101 cm³/mol. The van der Waals surface area contributed by atoms with Crippen molar-refractivity contribution in [2.24, 2.45) is 7.05 Å². The normalized spacial score (nSPS) is 15.2. The van der Waals surface area contributed by atoms with Gasteiger partial charge in [-0.05, 0) is 43.0 Å². The summed E-state index contributed by atoms with van der Waals surface area (Å²) in [6.07, 6.45) is 3.23. The standard InChI is InChI=1S/C20H24N2O5/c1-12-7-16(23)19(10-22(12)2)27-11-20(24)21-15-6-5-13-8-17(25-3)18(26-4)9-14(13)15/h7-10,15H,5-6,11H2,1-4H3,(H,21,24). The first kappa shape index (κ1) is 18.8. The van der Waals surface area contributed by atoms with Gasteiger partial charge in [0.2, 0.25) is 5.43 Å². The Balaban J connectivity index is 1.67. The molecule has 0 aliphatic heterocycles. The molecule has 7 heteroatoms. The van der Waals surface area contributed by atoms with Crippen LogP contribution in [0.15, 0.2) is 29.2 Å². The summed E-state index contributed by atoms with van der Waals surface area (Å²) in [4.78, 5) is 24.3. The van der Waals surface area contributed by atoms with Crippen molar-refractivity contribution in [3.05, 3.63) is 51.4 Å². The minimum absolute atomic E-state index is 0.114. The first-order valence-electron chi connectivity index (χ1n) is 8.77. The molecule has 2 aromatic rings. The van der Waals surface area contributed by atoms with E-state index in [-0.39, 0.29) is 29.7 Å². The van der Waals surface area contributed by atoms with Gasteiger partial charge in [-0.15, -0.1) is 0 Å². The third kappa shape index (κ3) is 3.92. The quantitative estimate of drug-likeness (QED) is 0.838. The summed E-state index contributed by atoms with van der Waals surface area (Å²) < 4.78 is 17.9. The summed E-state index contributed by atoms with van der Waals surface area (Å²) in [5, 5.41) is 2.97. The summed E-state index contributed by atoms with van der Waals surface area (Å²) in [6.45, 7) is 1.62. The Morgan fingerprint density at radius 1 is 1.19 bits per heavy atom. The third-order valence-electron chi connectivity index (χ3n) is 4.87. The van der Waals surface area contributed by atoms with Gasteiger partial charge in [-0.1, -0.05) is 0 Å². The van der Waals surface area contributed by atoms with Gasteiger partial charge in [0, 0.05) is 25.0 Å². The first-order valence-corrected chi connectivity index (χ1v) is 8.77. The van der Waals surface area contributed by atoms with Crippen molar-refractivity contribution < 1.29 is 19.0 Å². The second kappa shape index (κ2) is 7.73. The number of carbonyl (C=O) groups excluding carboxylic acids is 1. The van der Waals surface area contributed by atoms with E-state index in [0.717, 1.165) is 29.7 Å². The number of pyridine rings is 1. The van der Waals surface area contributed by atoms with Crippen LogP contribution in [0, 0.1) is 6.92 Å². The average Bonchev–Trinajstić information content (AvgIpc) is 3.04. The van der Waals surface area contributed by atoms with E-state index < -0.39 is 0 Å². The highest BCUT2D eigenvalue weighted by atomic mass is 16.5. The van der Waals surface area contributed by atoms with Crippen molar-refractivity contribution in [1.82, 2.24) is 9.88 Å². The molecule has 1 amide bonds. The Labute approximate surface area is 157 Å². The molecule has 1 aromatic heterocycles. The highest BCUT2D eigenvalue weighted by Gasteiger charge is 2.26. The number of nitrogens with zero attached hydrogens (tertiary/aromatic N) is 1. The zero-order valence-corrected chi connectivity index (χ0v) is 16.0. The van der Waals surface area contributed by atoms with Crippen LogP contribution in [0.25, 0.3) is 0 Å². The van der Waals surface area contributed by atoms with Gasteiger partial charge in [0.1, 0.15) is 0 Å². The number of benzene rings is 1. The summed E-state index contributed by atoms with van der Waals surface area (Å²) in [5.41, 5.74) is 2.74. The maximum Gasteiger partial charge on any atom is 0.258 e. The number of nitrogens with one attached hydrogen (secondary N) is 1.